The van der Waals surface area contributed by atoms with E-state index in [0.29, 0.717) is 0 Å². The normalized spacial score (nSPS) is 11.0. The van der Waals surface area contributed by atoms with Gasteiger partial charge in [-0.3, -0.25) is 4.98 Å². The molecule has 0 radical (unpaired) electrons. The largest absolute Gasteiger partial charge is 0.306 e. The fraction of sp³-hybridized carbons (Fsp3) is 0.643. The lowest BCUT2D eigenvalue weighted by molar-refractivity contribution is 0.327. The minimum Gasteiger partial charge on any atom is -0.306 e. The van der Waals surface area contributed by atoms with Crippen molar-refractivity contribution < 1.29 is 0 Å². The second-order valence-corrected chi connectivity index (χ2v) is 4.96. The first-order valence-corrected chi connectivity index (χ1v) is 7.15. The van der Waals surface area contributed by atoms with Gasteiger partial charge in [-0.15, -0.1) is 0 Å². The van der Waals surface area contributed by atoms with Crippen LogP contribution in [-0.2, 0) is 6.42 Å². The molecule has 17 heavy (non-hydrogen) atoms. The van der Waals surface area contributed by atoms with Crippen molar-refractivity contribution in [2.24, 2.45) is 0 Å². The Morgan fingerprint density at radius 2 is 1.94 bits per heavy atom. The lowest BCUT2D eigenvalue weighted by atomic mass is 10.2. The van der Waals surface area contributed by atoms with E-state index >= 15 is 0 Å². The molecule has 0 aliphatic rings. The molecule has 0 unspecified atom stereocenters. The molecule has 2 nitrogen and oxygen atoms in total. The summed E-state index contributed by atoms with van der Waals surface area (Å²) in [7, 11) is 2.20. The molecule has 96 valence electrons. The molecular formula is C14H24N2S. The summed E-state index contributed by atoms with van der Waals surface area (Å²) in [6, 6.07) is 6.12. The van der Waals surface area contributed by atoms with Gasteiger partial charge in [-0.1, -0.05) is 18.9 Å². The number of likely N-dealkylation sites (N-methyl/N-ethyl adjacent to an activating group) is 1. The van der Waals surface area contributed by atoms with E-state index in [-0.39, 0.29) is 0 Å². The summed E-state index contributed by atoms with van der Waals surface area (Å²) in [5, 5.41) is 0. The van der Waals surface area contributed by atoms with Crippen molar-refractivity contribution in [1.29, 1.82) is 0 Å². The lowest BCUT2D eigenvalue weighted by Crippen LogP contribution is -2.22. The Bertz CT molecular complexity index is 277. The first kappa shape index (κ1) is 14.5. The van der Waals surface area contributed by atoms with Gasteiger partial charge in [0.05, 0.1) is 0 Å². The van der Waals surface area contributed by atoms with Crippen LogP contribution in [0.1, 0.15) is 31.4 Å². The minimum atomic E-state index is 1.02. The van der Waals surface area contributed by atoms with E-state index in [0.717, 1.165) is 18.7 Å². The molecule has 0 atom stereocenters. The quantitative estimate of drug-likeness (QED) is 0.537. The molecule has 0 aliphatic carbocycles. The fourth-order valence-corrected chi connectivity index (χ4v) is 2.03. The van der Waals surface area contributed by atoms with Crippen molar-refractivity contribution in [3.05, 3.63) is 30.1 Å². The molecule has 0 saturated heterocycles. The molecule has 0 bridgehead atoms. The van der Waals surface area contributed by atoms with E-state index in [1.54, 1.807) is 0 Å². The van der Waals surface area contributed by atoms with Crippen molar-refractivity contribution in [2.45, 2.75) is 32.1 Å². The van der Waals surface area contributed by atoms with Crippen molar-refractivity contribution >= 4 is 12.6 Å². The van der Waals surface area contributed by atoms with Gasteiger partial charge in [-0.05, 0) is 44.3 Å². The van der Waals surface area contributed by atoms with Gasteiger partial charge in [-0.2, -0.15) is 12.6 Å². The van der Waals surface area contributed by atoms with Crippen LogP contribution >= 0.6 is 12.6 Å². The molecule has 3 heteroatoms. The van der Waals surface area contributed by atoms with Crippen molar-refractivity contribution in [3.63, 3.8) is 0 Å². The third kappa shape index (κ3) is 7.40. The van der Waals surface area contributed by atoms with E-state index in [2.05, 4.69) is 41.7 Å². The summed E-state index contributed by atoms with van der Waals surface area (Å²) < 4.78 is 0. The van der Waals surface area contributed by atoms with Gasteiger partial charge < -0.3 is 4.90 Å². The van der Waals surface area contributed by atoms with Gasteiger partial charge in [0.15, 0.2) is 0 Å². The van der Waals surface area contributed by atoms with Crippen LogP contribution in [0.25, 0.3) is 0 Å². The Kier molecular flexibility index (Phi) is 8.10. The summed E-state index contributed by atoms with van der Waals surface area (Å²) in [5.41, 5.74) is 1.19. The Balaban J connectivity index is 2.03. The maximum absolute atomic E-state index is 4.34. The van der Waals surface area contributed by atoms with Gasteiger partial charge in [0.25, 0.3) is 0 Å². The maximum Gasteiger partial charge on any atom is 0.0416 e. The molecule has 0 spiro atoms. The van der Waals surface area contributed by atoms with Crippen LogP contribution in [0.4, 0.5) is 0 Å². The van der Waals surface area contributed by atoms with Crippen molar-refractivity contribution in [2.75, 3.05) is 25.9 Å². The molecule has 0 fully saturated rings. The van der Waals surface area contributed by atoms with E-state index in [9.17, 15) is 0 Å². The van der Waals surface area contributed by atoms with E-state index in [4.69, 9.17) is 0 Å². The SMILES string of the molecule is CN(CCCCCCS)CCc1ccccn1. The number of hydrogen-bond acceptors (Lipinski definition) is 3. The first-order chi connectivity index (χ1) is 8.33. The monoisotopic (exact) mass is 252 g/mol. The van der Waals surface area contributed by atoms with Gasteiger partial charge in [-0.25, -0.2) is 0 Å². The molecule has 1 rings (SSSR count). The van der Waals surface area contributed by atoms with Crippen molar-refractivity contribution in [3.8, 4) is 0 Å². The molecule has 1 aromatic heterocycles. The van der Waals surface area contributed by atoms with Crippen LogP contribution in [0.3, 0.4) is 0 Å². The highest BCUT2D eigenvalue weighted by atomic mass is 32.1. The highest BCUT2D eigenvalue weighted by Gasteiger charge is 1.99. The molecule has 0 N–H and O–H groups in total. The van der Waals surface area contributed by atoms with E-state index < -0.39 is 0 Å². The third-order valence-electron chi connectivity index (χ3n) is 2.92. The number of rotatable bonds is 9. The van der Waals surface area contributed by atoms with Crippen molar-refractivity contribution in [1.82, 2.24) is 9.88 Å². The number of unbranched alkanes of at least 4 members (excludes halogenated alkanes) is 3. The second-order valence-electron chi connectivity index (χ2n) is 4.51. The zero-order valence-electron chi connectivity index (χ0n) is 10.8. The zero-order valence-corrected chi connectivity index (χ0v) is 11.7. The van der Waals surface area contributed by atoms with Gasteiger partial charge in [0, 0.05) is 24.9 Å². The molecule has 0 aromatic carbocycles. The highest BCUT2D eigenvalue weighted by molar-refractivity contribution is 7.80. The predicted molar refractivity (Wildman–Crippen MR) is 77.8 cm³/mol. The molecule has 0 aliphatic heterocycles. The summed E-state index contributed by atoms with van der Waals surface area (Å²) in [6.45, 7) is 2.29. The summed E-state index contributed by atoms with van der Waals surface area (Å²) in [6.07, 6.45) is 8.11. The summed E-state index contributed by atoms with van der Waals surface area (Å²) >= 11 is 4.22. The van der Waals surface area contributed by atoms with Crippen LogP contribution < -0.4 is 0 Å². The average Bonchev–Trinajstić information content (AvgIpc) is 2.37. The fourth-order valence-electron chi connectivity index (χ4n) is 1.81. The Hall–Kier alpha value is -0.540. The van der Waals surface area contributed by atoms with Gasteiger partial charge in [0.1, 0.15) is 0 Å². The van der Waals surface area contributed by atoms with Gasteiger partial charge >= 0.3 is 0 Å². The number of hydrogen-bond donors (Lipinski definition) is 1. The highest BCUT2D eigenvalue weighted by Crippen LogP contribution is 2.03. The lowest BCUT2D eigenvalue weighted by Gasteiger charge is -2.15. The number of thiol groups is 1. The molecule has 1 aromatic rings. The smallest absolute Gasteiger partial charge is 0.0416 e. The molecule has 0 saturated carbocycles. The first-order valence-electron chi connectivity index (χ1n) is 6.52. The maximum atomic E-state index is 4.34. The van der Waals surface area contributed by atoms with Crippen LogP contribution in [0.5, 0.6) is 0 Å². The van der Waals surface area contributed by atoms with E-state index in [1.807, 2.05) is 12.3 Å². The Morgan fingerprint density at radius 3 is 2.65 bits per heavy atom. The Labute approximate surface area is 111 Å². The summed E-state index contributed by atoms with van der Waals surface area (Å²) in [4.78, 5) is 6.73. The number of aromatic nitrogens is 1. The van der Waals surface area contributed by atoms with Crippen LogP contribution in [-0.4, -0.2) is 35.8 Å². The van der Waals surface area contributed by atoms with E-state index in [1.165, 1.54) is 37.9 Å². The second kappa shape index (κ2) is 9.49. The Morgan fingerprint density at radius 1 is 1.12 bits per heavy atom. The molecule has 0 amide bonds. The number of nitrogens with zero attached hydrogens (tertiary/aromatic N) is 2. The van der Waals surface area contributed by atoms with Crippen LogP contribution in [0, 0.1) is 0 Å². The topological polar surface area (TPSA) is 16.1 Å². The third-order valence-corrected chi connectivity index (χ3v) is 3.24. The average molecular weight is 252 g/mol. The summed E-state index contributed by atoms with van der Waals surface area (Å²) in [5.74, 6) is 1.02. The zero-order chi connectivity index (χ0) is 12.3. The molecular weight excluding hydrogens is 228 g/mol. The molecule has 1 heterocycles. The van der Waals surface area contributed by atoms with Crippen LogP contribution in [0.2, 0.25) is 0 Å². The minimum absolute atomic E-state index is 1.02. The number of pyridine rings is 1. The predicted octanol–water partition coefficient (Wildman–Crippen LogP) is 3.05. The standard InChI is InChI=1S/C14H24N2S/c1-16(11-6-2-3-7-13-17)12-9-14-8-4-5-10-15-14/h4-5,8,10,17H,2-3,6-7,9,11-13H2,1H3. The van der Waals surface area contributed by atoms with Gasteiger partial charge in [0.2, 0.25) is 0 Å². The van der Waals surface area contributed by atoms with Crippen LogP contribution in [0.15, 0.2) is 24.4 Å².